The average molecular weight is 429 g/mol. The van der Waals surface area contributed by atoms with Crippen LogP contribution in [0.15, 0.2) is 36.4 Å². The number of piperidine rings is 1. The zero-order valence-electron chi connectivity index (χ0n) is 18.2. The molecule has 1 atom stereocenters. The molecule has 2 aromatic rings. The van der Waals surface area contributed by atoms with Crippen molar-refractivity contribution in [3.63, 3.8) is 0 Å². The fraction of sp³-hybridized carbons (Fsp3) is 0.417. The summed E-state index contributed by atoms with van der Waals surface area (Å²) in [4.78, 5) is 27.3. The molecule has 6 nitrogen and oxygen atoms in total. The second-order valence-electron chi connectivity index (χ2n) is 7.85. The van der Waals surface area contributed by atoms with E-state index in [1.54, 1.807) is 38.3 Å². The van der Waals surface area contributed by atoms with Crippen LogP contribution in [0, 0.1) is 18.7 Å². The Morgan fingerprint density at radius 2 is 2.00 bits per heavy atom. The second-order valence-corrected chi connectivity index (χ2v) is 7.85. The van der Waals surface area contributed by atoms with Gasteiger partial charge in [0.05, 0.1) is 19.8 Å². The number of anilines is 1. The average Bonchev–Trinajstić information content (AvgIpc) is 2.78. The number of methoxy groups -OCH3 is 2. The lowest BCUT2D eigenvalue weighted by Crippen LogP contribution is -2.40. The molecule has 0 aromatic heterocycles. The van der Waals surface area contributed by atoms with E-state index in [1.807, 2.05) is 4.90 Å². The molecule has 2 amide bonds. The first kappa shape index (κ1) is 22.6. The summed E-state index contributed by atoms with van der Waals surface area (Å²) in [5.74, 6) is 0.685. The fourth-order valence-electron chi connectivity index (χ4n) is 4.03. The van der Waals surface area contributed by atoms with Gasteiger partial charge in [0.1, 0.15) is 5.82 Å². The summed E-state index contributed by atoms with van der Waals surface area (Å²) in [5, 5.41) is 2.85. The SMILES string of the molecule is COc1cccc(C(=O)N2CCCC(CCC(=O)Nc3ccc(F)cc3C)C2)c1OC. The molecule has 166 valence electrons. The molecule has 2 aromatic carbocycles. The normalized spacial score (nSPS) is 16.0. The van der Waals surface area contributed by atoms with Gasteiger partial charge in [-0.2, -0.15) is 0 Å². The molecule has 1 unspecified atom stereocenters. The van der Waals surface area contributed by atoms with Crippen molar-refractivity contribution in [1.29, 1.82) is 0 Å². The van der Waals surface area contributed by atoms with Crippen molar-refractivity contribution in [1.82, 2.24) is 4.90 Å². The quantitative estimate of drug-likeness (QED) is 0.709. The van der Waals surface area contributed by atoms with Crippen LogP contribution in [0.25, 0.3) is 0 Å². The van der Waals surface area contributed by atoms with Crippen LogP contribution in [0.3, 0.4) is 0 Å². The van der Waals surface area contributed by atoms with E-state index < -0.39 is 0 Å². The molecule has 1 N–H and O–H groups in total. The predicted molar refractivity (Wildman–Crippen MR) is 117 cm³/mol. The largest absolute Gasteiger partial charge is 0.493 e. The van der Waals surface area contributed by atoms with Gasteiger partial charge in [0, 0.05) is 25.2 Å². The lowest BCUT2D eigenvalue weighted by atomic mass is 9.92. The number of aryl methyl sites for hydroxylation is 1. The monoisotopic (exact) mass is 428 g/mol. The molecule has 1 heterocycles. The van der Waals surface area contributed by atoms with Gasteiger partial charge in [0.15, 0.2) is 11.5 Å². The maximum Gasteiger partial charge on any atom is 0.257 e. The number of para-hydroxylation sites is 1. The van der Waals surface area contributed by atoms with Gasteiger partial charge in [-0.3, -0.25) is 9.59 Å². The molecule has 1 aliphatic heterocycles. The van der Waals surface area contributed by atoms with E-state index >= 15 is 0 Å². The Hall–Kier alpha value is -3.09. The summed E-state index contributed by atoms with van der Waals surface area (Å²) >= 11 is 0. The highest BCUT2D eigenvalue weighted by molar-refractivity contribution is 5.98. The van der Waals surface area contributed by atoms with Gasteiger partial charge in [-0.05, 0) is 68.0 Å². The number of nitrogens with one attached hydrogen (secondary N) is 1. The summed E-state index contributed by atoms with van der Waals surface area (Å²) in [6, 6.07) is 9.58. The minimum absolute atomic E-state index is 0.0909. The van der Waals surface area contributed by atoms with Crippen LogP contribution < -0.4 is 14.8 Å². The molecule has 3 rings (SSSR count). The van der Waals surface area contributed by atoms with E-state index in [0.717, 1.165) is 12.8 Å². The second kappa shape index (κ2) is 10.3. The molecule has 7 heteroatoms. The van der Waals surface area contributed by atoms with Crippen molar-refractivity contribution in [3.8, 4) is 11.5 Å². The molecule has 0 aliphatic carbocycles. The zero-order chi connectivity index (χ0) is 22.4. The number of halogens is 1. The highest BCUT2D eigenvalue weighted by Gasteiger charge is 2.27. The third-order valence-corrected chi connectivity index (χ3v) is 5.68. The van der Waals surface area contributed by atoms with E-state index in [1.165, 1.54) is 19.2 Å². The molecule has 0 saturated carbocycles. The molecule has 31 heavy (non-hydrogen) atoms. The van der Waals surface area contributed by atoms with Crippen molar-refractivity contribution >= 4 is 17.5 Å². The zero-order valence-corrected chi connectivity index (χ0v) is 18.2. The Bertz CT molecular complexity index is 947. The van der Waals surface area contributed by atoms with E-state index in [0.29, 0.717) is 54.2 Å². The number of hydrogen-bond donors (Lipinski definition) is 1. The molecular weight excluding hydrogens is 399 g/mol. The standard InChI is InChI=1S/C24H29FN2O4/c1-16-14-18(25)10-11-20(16)26-22(28)12-9-17-6-5-13-27(15-17)24(29)19-7-4-8-21(30-2)23(19)31-3/h4,7-8,10-11,14,17H,5-6,9,12-13,15H2,1-3H3,(H,26,28). The Morgan fingerprint density at radius 3 is 2.71 bits per heavy atom. The van der Waals surface area contributed by atoms with Crippen molar-refractivity contribution in [3.05, 3.63) is 53.3 Å². The Morgan fingerprint density at radius 1 is 1.19 bits per heavy atom. The van der Waals surface area contributed by atoms with Crippen LogP contribution in [0.2, 0.25) is 0 Å². The molecule has 0 radical (unpaired) electrons. The van der Waals surface area contributed by atoms with Crippen LogP contribution >= 0.6 is 0 Å². The lowest BCUT2D eigenvalue weighted by Gasteiger charge is -2.33. The number of likely N-dealkylation sites (tertiary alicyclic amines) is 1. The summed E-state index contributed by atoms with van der Waals surface area (Å²) < 4.78 is 23.9. The smallest absolute Gasteiger partial charge is 0.257 e. The molecule has 0 spiro atoms. The van der Waals surface area contributed by atoms with Gasteiger partial charge in [-0.15, -0.1) is 0 Å². The van der Waals surface area contributed by atoms with E-state index in [-0.39, 0.29) is 23.5 Å². The van der Waals surface area contributed by atoms with Crippen LogP contribution in [0.5, 0.6) is 11.5 Å². The highest BCUT2D eigenvalue weighted by Crippen LogP contribution is 2.32. The van der Waals surface area contributed by atoms with Crippen molar-refractivity contribution in [2.24, 2.45) is 5.92 Å². The van der Waals surface area contributed by atoms with Crippen molar-refractivity contribution in [2.45, 2.75) is 32.6 Å². The third kappa shape index (κ3) is 5.54. The van der Waals surface area contributed by atoms with E-state index in [2.05, 4.69) is 5.32 Å². The van der Waals surface area contributed by atoms with Crippen LogP contribution in [0.4, 0.5) is 10.1 Å². The van der Waals surface area contributed by atoms with Gasteiger partial charge in [0.25, 0.3) is 5.91 Å². The number of ether oxygens (including phenoxy) is 2. The third-order valence-electron chi connectivity index (χ3n) is 5.68. The summed E-state index contributed by atoms with van der Waals surface area (Å²) in [6.07, 6.45) is 2.90. The fourth-order valence-corrected chi connectivity index (χ4v) is 4.03. The number of hydrogen-bond acceptors (Lipinski definition) is 4. The maximum atomic E-state index is 13.2. The number of benzene rings is 2. The number of nitrogens with zero attached hydrogens (tertiary/aromatic N) is 1. The molecular formula is C24H29FN2O4. The number of amides is 2. The maximum absolute atomic E-state index is 13.2. The first-order valence-corrected chi connectivity index (χ1v) is 10.5. The molecule has 1 aliphatic rings. The lowest BCUT2D eigenvalue weighted by molar-refractivity contribution is -0.116. The Kier molecular flexibility index (Phi) is 7.50. The van der Waals surface area contributed by atoms with Gasteiger partial charge < -0.3 is 19.7 Å². The number of rotatable bonds is 7. The molecule has 0 bridgehead atoms. The summed E-state index contributed by atoms with van der Waals surface area (Å²) in [5.41, 5.74) is 1.79. The number of carbonyl (C=O) groups excluding carboxylic acids is 2. The predicted octanol–water partition coefficient (Wildman–Crippen LogP) is 4.42. The van der Waals surface area contributed by atoms with Crippen LogP contribution in [-0.4, -0.2) is 44.0 Å². The van der Waals surface area contributed by atoms with Crippen molar-refractivity contribution in [2.75, 3.05) is 32.6 Å². The summed E-state index contributed by atoms with van der Waals surface area (Å²) in [6.45, 7) is 3.04. The van der Waals surface area contributed by atoms with Crippen molar-refractivity contribution < 1.29 is 23.5 Å². The van der Waals surface area contributed by atoms with Crippen LogP contribution in [-0.2, 0) is 4.79 Å². The van der Waals surface area contributed by atoms with Gasteiger partial charge in [0.2, 0.25) is 5.91 Å². The van der Waals surface area contributed by atoms with Gasteiger partial charge in [-0.25, -0.2) is 4.39 Å². The minimum Gasteiger partial charge on any atom is -0.493 e. The molecule has 1 fully saturated rings. The van der Waals surface area contributed by atoms with Gasteiger partial charge >= 0.3 is 0 Å². The Labute approximate surface area is 182 Å². The minimum atomic E-state index is -0.324. The Balaban J connectivity index is 1.58. The summed E-state index contributed by atoms with van der Waals surface area (Å²) in [7, 11) is 3.07. The first-order valence-electron chi connectivity index (χ1n) is 10.5. The highest BCUT2D eigenvalue weighted by atomic mass is 19.1. The van der Waals surface area contributed by atoms with Crippen LogP contribution in [0.1, 0.15) is 41.6 Å². The van der Waals surface area contributed by atoms with Gasteiger partial charge in [-0.1, -0.05) is 6.07 Å². The topological polar surface area (TPSA) is 67.9 Å². The number of carbonyl (C=O) groups is 2. The van der Waals surface area contributed by atoms with E-state index in [9.17, 15) is 14.0 Å². The van der Waals surface area contributed by atoms with E-state index in [4.69, 9.17) is 9.47 Å². The first-order chi connectivity index (χ1) is 14.9. The molecule has 1 saturated heterocycles.